The molecule has 3 aromatic carbocycles. The van der Waals surface area contributed by atoms with Crippen molar-refractivity contribution in [1.29, 1.82) is 0 Å². The molecule has 0 unspecified atom stereocenters. The van der Waals surface area contributed by atoms with Crippen molar-refractivity contribution in [2.45, 2.75) is 0 Å². The zero-order chi connectivity index (χ0) is 21.3. The summed E-state index contributed by atoms with van der Waals surface area (Å²) in [6.45, 7) is 0. The fourth-order valence-corrected chi connectivity index (χ4v) is 2.42. The van der Waals surface area contributed by atoms with E-state index in [-0.39, 0.29) is 0 Å². The summed E-state index contributed by atoms with van der Waals surface area (Å²) in [7, 11) is 0. The summed E-state index contributed by atoms with van der Waals surface area (Å²) in [6, 6.07) is 20.3. The molecule has 0 aliphatic heterocycles. The molecular formula is C24H20N2O4. The quantitative estimate of drug-likeness (QED) is 0.279. The van der Waals surface area contributed by atoms with Gasteiger partial charge in [0, 0.05) is 23.5 Å². The van der Waals surface area contributed by atoms with Gasteiger partial charge in [-0.2, -0.15) is 0 Å². The molecule has 0 amide bonds. The van der Waals surface area contributed by atoms with Crippen molar-refractivity contribution < 1.29 is 19.1 Å². The fourth-order valence-electron chi connectivity index (χ4n) is 2.42. The van der Waals surface area contributed by atoms with Crippen LogP contribution in [0.3, 0.4) is 0 Å². The fraction of sp³-hybridized carbons (Fsp3) is 0. The van der Waals surface area contributed by atoms with Gasteiger partial charge in [-0.15, -0.1) is 0 Å². The van der Waals surface area contributed by atoms with Gasteiger partial charge in [-0.25, -0.2) is 9.59 Å². The van der Waals surface area contributed by atoms with E-state index in [0.717, 1.165) is 11.1 Å². The highest BCUT2D eigenvalue weighted by atomic mass is 16.5. The van der Waals surface area contributed by atoms with Gasteiger partial charge < -0.3 is 20.9 Å². The van der Waals surface area contributed by atoms with E-state index in [4.69, 9.17) is 20.9 Å². The van der Waals surface area contributed by atoms with E-state index < -0.39 is 11.9 Å². The second-order valence-electron chi connectivity index (χ2n) is 6.31. The summed E-state index contributed by atoms with van der Waals surface area (Å²) in [5.41, 5.74) is 14.2. The first-order valence-electron chi connectivity index (χ1n) is 9.09. The number of hydrogen-bond donors (Lipinski definition) is 2. The van der Waals surface area contributed by atoms with Gasteiger partial charge in [0.05, 0.1) is 0 Å². The highest BCUT2D eigenvalue weighted by Gasteiger charge is 2.04. The summed E-state index contributed by atoms with van der Waals surface area (Å²) >= 11 is 0. The van der Waals surface area contributed by atoms with E-state index in [1.54, 1.807) is 84.9 Å². The summed E-state index contributed by atoms with van der Waals surface area (Å²) < 4.78 is 10.4. The van der Waals surface area contributed by atoms with Crippen molar-refractivity contribution in [3.05, 3.63) is 96.1 Å². The predicted octanol–water partition coefficient (Wildman–Crippen LogP) is 4.09. The van der Waals surface area contributed by atoms with Gasteiger partial charge in [0.1, 0.15) is 11.5 Å². The maximum Gasteiger partial charge on any atom is 0.336 e. The molecule has 6 heteroatoms. The number of ether oxygens (including phenoxy) is 2. The Morgan fingerprint density at radius 1 is 0.567 bits per heavy atom. The van der Waals surface area contributed by atoms with Crippen LogP contribution < -0.4 is 20.9 Å². The van der Waals surface area contributed by atoms with Gasteiger partial charge in [-0.3, -0.25) is 0 Å². The van der Waals surface area contributed by atoms with Crippen molar-refractivity contribution >= 4 is 35.5 Å². The van der Waals surface area contributed by atoms with Gasteiger partial charge >= 0.3 is 11.9 Å². The standard InChI is InChI=1S/C24H20N2O4/c25-19-7-1-17(2-8-19)5-15-23(27)29-21-11-13-22(14-12-21)30-24(28)16-6-18-3-9-20(26)10-4-18/h1-16H,25-26H2/b15-5+,16-6+. The van der Waals surface area contributed by atoms with Crippen molar-refractivity contribution in [3.63, 3.8) is 0 Å². The minimum Gasteiger partial charge on any atom is -0.423 e. The maximum absolute atomic E-state index is 11.9. The molecule has 0 spiro atoms. The van der Waals surface area contributed by atoms with Crippen molar-refractivity contribution in [2.75, 3.05) is 11.5 Å². The van der Waals surface area contributed by atoms with Gasteiger partial charge in [0.25, 0.3) is 0 Å². The molecule has 0 fully saturated rings. The Morgan fingerprint density at radius 2 is 0.900 bits per heavy atom. The maximum atomic E-state index is 11.9. The zero-order valence-electron chi connectivity index (χ0n) is 16.0. The SMILES string of the molecule is Nc1ccc(/C=C/C(=O)Oc2ccc(OC(=O)/C=C/c3ccc(N)cc3)cc2)cc1. The van der Waals surface area contributed by atoms with Crippen LogP contribution >= 0.6 is 0 Å². The molecule has 6 nitrogen and oxygen atoms in total. The lowest BCUT2D eigenvalue weighted by Gasteiger charge is -2.04. The summed E-state index contributed by atoms with van der Waals surface area (Å²) in [4.78, 5) is 23.8. The third kappa shape index (κ3) is 6.38. The number of nitrogen functional groups attached to an aromatic ring is 2. The van der Waals surface area contributed by atoms with Crippen molar-refractivity contribution in [3.8, 4) is 11.5 Å². The largest absolute Gasteiger partial charge is 0.423 e. The number of benzene rings is 3. The van der Waals surface area contributed by atoms with Crippen LogP contribution in [-0.4, -0.2) is 11.9 Å². The first kappa shape index (κ1) is 20.4. The van der Waals surface area contributed by atoms with Crippen LogP contribution in [0.1, 0.15) is 11.1 Å². The molecule has 0 heterocycles. The second-order valence-corrected chi connectivity index (χ2v) is 6.31. The molecule has 30 heavy (non-hydrogen) atoms. The first-order valence-corrected chi connectivity index (χ1v) is 9.09. The first-order chi connectivity index (χ1) is 14.5. The number of nitrogens with two attached hydrogens (primary N) is 2. The molecule has 0 aliphatic carbocycles. The van der Waals surface area contributed by atoms with E-state index >= 15 is 0 Å². The minimum absolute atomic E-state index is 0.333. The Hall–Kier alpha value is -4.32. The molecule has 3 rings (SSSR count). The molecule has 0 aromatic heterocycles. The third-order valence-electron chi connectivity index (χ3n) is 3.96. The van der Waals surface area contributed by atoms with E-state index in [0.29, 0.717) is 22.9 Å². The van der Waals surface area contributed by atoms with Crippen LogP contribution in [0.25, 0.3) is 12.2 Å². The minimum atomic E-state index is -0.525. The number of carbonyl (C=O) groups is 2. The second kappa shape index (κ2) is 9.75. The summed E-state index contributed by atoms with van der Waals surface area (Å²) in [5, 5.41) is 0. The summed E-state index contributed by atoms with van der Waals surface area (Å²) in [5.74, 6) is -0.385. The molecule has 0 aliphatic rings. The number of esters is 2. The Kier molecular flexibility index (Phi) is 6.63. The van der Waals surface area contributed by atoms with Gasteiger partial charge in [0.15, 0.2) is 0 Å². The molecule has 3 aromatic rings. The average Bonchev–Trinajstić information content (AvgIpc) is 2.74. The monoisotopic (exact) mass is 400 g/mol. The van der Waals surface area contributed by atoms with E-state index in [2.05, 4.69) is 0 Å². The lowest BCUT2D eigenvalue weighted by Crippen LogP contribution is -2.05. The van der Waals surface area contributed by atoms with Crippen LogP contribution in [0.15, 0.2) is 84.9 Å². The Bertz CT molecular complexity index is 979. The van der Waals surface area contributed by atoms with Crippen LogP contribution in [0.2, 0.25) is 0 Å². The lowest BCUT2D eigenvalue weighted by molar-refractivity contribution is -0.130. The number of rotatable bonds is 6. The number of anilines is 2. The molecule has 150 valence electrons. The van der Waals surface area contributed by atoms with Crippen LogP contribution in [0.5, 0.6) is 11.5 Å². The molecular weight excluding hydrogens is 380 g/mol. The predicted molar refractivity (Wildman–Crippen MR) is 117 cm³/mol. The number of hydrogen-bond acceptors (Lipinski definition) is 6. The Labute approximate surface area is 174 Å². The van der Waals surface area contributed by atoms with E-state index in [1.807, 2.05) is 0 Å². The Morgan fingerprint density at radius 3 is 1.23 bits per heavy atom. The van der Waals surface area contributed by atoms with Crippen molar-refractivity contribution in [2.24, 2.45) is 0 Å². The van der Waals surface area contributed by atoms with Gasteiger partial charge in [-0.1, -0.05) is 24.3 Å². The highest BCUT2D eigenvalue weighted by molar-refractivity contribution is 5.89. The highest BCUT2D eigenvalue weighted by Crippen LogP contribution is 2.18. The average molecular weight is 400 g/mol. The number of carbonyl (C=O) groups excluding carboxylic acids is 2. The molecule has 0 saturated carbocycles. The van der Waals surface area contributed by atoms with Crippen LogP contribution in [0, 0.1) is 0 Å². The van der Waals surface area contributed by atoms with Gasteiger partial charge in [0.2, 0.25) is 0 Å². The zero-order valence-corrected chi connectivity index (χ0v) is 16.0. The van der Waals surface area contributed by atoms with Crippen molar-refractivity contribution in [1.82, 2.24) is 0 Å². The molecule has 0 radical (unpaired) electrons. The summed E-state index contributed by atoms with van der Waals surface area (Å²) in [6.07, 6.45) is 5.90. The smallest absolute Gasteiger partial charge is 0.336 e. The topological polar surface area (TPSA) is 105 Å². The van der Waals surface area contributed by atoms with Crippen LogP contribution in [0.4, 0.5) is 11.4 Å². The van der Waals surface area contributed by atoms with Gasteiger partial charge in [-0.05, 0) is 71.8 Å². The molecule has 0 atom stereocenters. The van der Waals surface area contributed by atoms with Crippen LogP contribution in [-0.2, 0) is 9.59 Å². The normalized spacial score (nSPS) is 10.9. The molecule has 4 N–H and O–H groups in total. The third-order valence-corrected chi connectivity index (χ3v) is 3.96. The molecule has 0 bridgehead atoms. The lowest BCUT2D eigenvalue weighted by atomic mass is 10.2. The van der Waals surface area contributed by atoms with E-state index in [9.17, 15) is 9.59 Å². The molecule has 0 saturated heterocycles. The van der Waals surface area contributed by atoms with E-state index in [1.165, 1.54) is 12.2 Å². The Balaban J connectivity index is 1.51.